The minimum absolute atomic E-state index is 0.254. The topological polar surface area (TPSA) is 34.9 Å². The van der Waals surface area contributed by atoms with Crippen molar-refractivity contribution in [2.45, 2.75) is 0 Å². The molecule has 0 unspecified atom stereocenters. The Morgan fingerprint density at radius 1 is 0.880 bits per heavy atom. The first-order valence-corrected chi connectivity index (χ1v) is 8.05. The Balaban J connectivity index is 2.13. The molecular formula is C20H12ClFN2O. The Hall–Kier alpha value is -2.98. The number of fused-ring (bicyclic) bond motifs is 1. The lowest BCUT2D eigenvalue weighted by Crippen LogP contribution is -2.22. The molecule has 0 aliphatic heterocycles. The van der Waals surface area contributed by atoms with Gasteiger partial charge in [0.1, 0.15) is 5.82 Å². The summed E-state index contributed by atoms with van der Waals surface area (Å²) in [5, 5.41) is 1.02. The molecule has 4 rings (SSSR count). The van der Waals surface area contributed by atoms with Crippen molar-refractivity contribution in [3.05, 3.63) is 94.0 Å². The Morgan fingerprint density at radius 2 is 1.56 bits per heavy atom. The third kappa shape index (κ3) is 2.71. The second-order valence-corrected chi connectivity index (χ2v) is 5.99. The fourth-order valence-corrected chi connectivity index (χ4v) is 2.91. The molecule has 0 aliphatic rings. The predicted molar refractivity (Wildman–Crippen MR) is 97.7 cm³/mol. The maximum Gasteiger partial charge on any atom is 0.266 e. The zero-order chi connectivity index (χ0) is 17.4. The van der Waals surface area contributed by atoms with Crippen LogP contribution in [0.1, 0.15) is 0 Å². The first-order chi connectivity index (χ1) is 12.1. The standard InChI is InChI=1S/C20H12ClFN2O/c21-13-9-11-14(12-10-13)24-19(15-5-1-3-7-17(15)22)23-18-8-4-2-6-16(18)20(24)25/h1-12H. The first kappa shape index (κ1) is 15.5. The SMILES string of the molecule is O=c1c2ccccc2nc(-c2ccccc2F)n1-c1ccc(Cl)cc1. The minimum Gasteiger partial charge on any atom is -0.268 e. The Kier molecular flexibility index (Phi) is 3.82. The smallest absolute Gasteiger partial charge is 0.266 e. The fourth-order valence-electron chi connectivity index (χ4n) is 2.79. The van der Waals surface area contributed by atoms with Gasteiger partial charge in [0, 0.05) is 5.02 Å². The highest BCUT2D eigenvalue weighted by Crippen LogP contribution is 2.25. The number of nitrogens with zero attached hydrogens (tertiary/aromatic N) is 2. The number of halogens is 2. The van der Waals surface area contributed by atoms with Crippen molar-refractivity contribution < 1.29 is 4.39 Å². The van der Waals surface area contributed by atoms with Gasteiger partial charge >= 0.3 is 0 Å². The average molecular weight is 351 g/mol. The van der Waals surface area contributed by atoms with Crippen molar-refractivity contribution in [3.63, 3.8) is 0 Å². The van der Waals surface area contributed by atoms with Gasteiger partial charge in [0.15, 0.2) is 5.82 Å². The van der Waals surface area contributed by atoms with E-state index < -0.39 is 5.82 Å². The Bertz CT molecular complexity index is 1140. The van der Waals surface area contributed by atoms with Gasteiger partial charge in [-0.1, -0.05) is 35.9 Å². The Labute approximate surface area is 148 Å². The van der Waals surface area contributed by atoms with Crippen LogP contribution in [0.25, 0.3) is 28.0 Å². The van der Waals surface area contributed by atoms with Gasteiger partial charge in [-0.3, -0.25) is 9.36 Å². The molecule has 0 bridgehead atoms. The maximum atomic E-state index is 14.4. The lowest BCUT2D eigenvalue weighted by molar-refractivity contribution is 0.629. The molecule has 0 saturated heterocycles. The normalized spacial score (nSPS) is 11.0. The van der Waals surface area contributed by atoms with Crippen LogP contribution in [-0.2, 0) is 0 Å². The van der Waals surface area contributed by atoms with Gasteiger partial charge in [-0.2, -0.15) is 0 Å². The summed E-state index contributed by atoms with van der Waals surface area (Å²) < 4.78 is 15.8. The molecule has 0 saturated carbocycles. The molecule has 3 aromatic carbocycles. The number of hydrogen-bond donors (Lipinski definition) is 0. The van der Waals surface area contributed by atoms with Crippen LogP contribution in [0.2, 0.25) is 5.02 Å². The number of aromatic nitrogens is 2. The van der Waals surface area contributed by atoms with Gasteiger partial charge in [0.25, 0.3) is 5.56 Å². The van der Waals surface area contributed by atoms with E-state index in [1.165, 1.54) is 10.6 Å². The highest BCUT2D eigenvalue weighted by Gasteiger charge is 2.16. The summed E-state index contributed by atoms with van der Waals surface area (Å²) in [5.41, 5.74) is 1.10. The van der Waals surface area contributed by atoms with E-state index in [-0.39, 0.29) is 16.9 Å². The Morgan fingerprint density at radius 3 is 2.32 bits per heavy atom. The van der Waals surface area contributed by atoms with Gasteiger partial charge in [0.2, 0.25) is 0 Å². The quantitative estimate of drug-likeness (QED) is 0.518. The summed E-state index contributed by atoms with van der Waals surface area (Å²) >= 11 is 5.95. The van der Waals surface area contributed by atoms with Crippen LogP contribution in [0.4, 0.5) is 4.39 Å². The average Bonchev–Trinajstić information content (AvgIpc) is 2.63. The van der Waals surface area contributed by atoms with Crippen molar-refractivity contribution >= 4 is 22.5 Å². The second kappa shape index (κ2) is 6.15. The fraction of sp³-hybridized carbons (Fsp3) is 0. The molecule has 0 fully saturated rings. The van der Waals surface area contributed by atoms with Crippen LogP contribution >= 0.6 is 11.6 Å². The minimum atomic E-state index is -0.438. The van der Waals surface area contributed by atoms with Crippen molar-refractivity contribution in [1.82, 2.24) is 9.55 Å². The number of hydrogen-bond acceptors (Lipinski definition) is 2. The predicted octanol–water partition coefficient (Wildman–Crippen LogP) is 4.85. The van der Waals surface area contributed by atoms with E-state index >= 15 is 0 Å². The summed E-state index contributed by atoms with van der Waals surface area (Å²) in [5.74, 6) is -0.184. The molecule has 0 atom stereocenters. The summed E-state index contributed by atoms with van der Waals surface area (Å²) in [6, 6.07) is 20.1. The number of rotatable bonds is 2. The number of benzene rings is 3. The van der Waals surface area contributed by atoms with Crippen molar-refractivity contribution in [2.75, 3.05) is 0 Å². The summed E-state index contributed by atoms with van der Waals surface area (Å²) in [7, 11) is 0. The molecule has 0 amide bonds. The monoisotopic (exact) mass is 350 g/mol. The zero-order valence-corrected chi connectivity index (χ0v) is 13.7. The van der Waals surface area contributed by atoms with Crippen LogP contribution in [0.3, 0.4) is 0 Å². The number of para-hydroxylation sites is 1. The van der Waals surface area contributed by atoms with E-state index in [1.807, 2.05) is 0 Å². The molecule has 0 spiro atoms. The molecule has 1 aromatic heterocycles. The molecule has 5 heteroatoms. The molecule has 25 heavy (non-hydrogen) atoms. The van der Waals surface area contributed by atoms with Crippen LogP contribution in [0.15, 0.2) is 77.6 Å². The molecule has 4 aromatic rings. The lowest BCUT2D eigenvalue weighted by atomic mass is 10.1. The van der Waals surface area contributed by atoms with E-state index in [0.29, 0.717) is 21.6 Å². The molecular weight excluding hydrogens is 339 g/mol. The highest BCUT2D eigenvalue weighted by molar-refractivity contribution is 6.30. The largest absolute Gasteiger partial charge is 0.268 e. The van der Waals surface area contributed by atoms with E-state index in [1.54, 1.807) is 66.7 Å². The molecule has 122 valence electrons. The van der Waals surface area contributed by atoms with Gasteiger partial charge in [-0.25, -0.2) is 9.37 Å². The van der Waals surface area contributed by atoms with Gasteiger partial charge in [0.05, 0.1) is 22.2 Å². The van der Waals surface area contributed by atoms with Crippen molar-refractivity contribution in [3.8, 4) is 17.1 Å². The van der Waals surface area contributed by atoms with Gasteiger partial charge in [-0.15, -0.1) is 0 Å². The third-order valence-corrected chi connectivity index (χ3v) is 4.23. The van der Waals surface area contributed by atoms with Gasteiger partial charge in [-0.05, 0) is 48.5 Å². The molecule has 3 nitrogen and oxygen atoms in total. The van der Waals surface area contributed by atoms with Gasteiger partial charge < -0.3 is 0 Å². The van der Waals surface area contributed by atoms with E-state index in [4.69, 9.17) is 11.6 Å². The molecule has 0 N–H and O–H groups in total. The maximum absolute atomic E-state index is 14.4. The van der Waals surface area contributed by atoms with Crippen LogP contribution in [-0.4, -0.2) is 9.55 Å². The van der Waals surface area contributed by atoms with Crippen LogP contribution in [0, 0.1) is 5.82 Å². The first-order valence-electron chi connectivity index (χ1n) is 7.68. The lowest BCUT2D eigenvalue weighted by Gasteiger charge is -2.14. The van der Waals surface area contributed by atoms with Crippen molar-refractivity contribution in [1.29, 1.82) is 0 Å². The van der Waals surface area contributed by atoms with E-state index in [0.717, 1.165) is 0 Å². The van der Waals surface area contributed by atoms with E-state index in [2.05, 4.69) is 4.98 Å². The second-order valence-electron chi connectivity index (χ2n) is 5.55. The van der Waals surface area contributed by atoms with E-state index in [9.17, 15) is 9.18 Å². The summed E-state index contributed by atoms with van der Waals surface area (Å²) in [6.07, 6.45) is 0. The molecule has 0 radical (unpaired) electrons. The third-order valence-electron chi connectivity index (χ3n) is 3.98. The molecule has 1 heterocycles. The summed E-state index contributed by atoms with van der Waals surface area (Å²) in [4.78, 5) is 17.6. The zero-order valence-electron chi connectivity index (χ0n) is 13.0. The highest BCUT2D eigenvalue weighted by atomic mass is 35.5. The summed E-state index contributed by atoms with van der Waals surface area (Å²) in [6.45, 7) is 0. The van der Waals surface area contributed by atoms with Crippen LogP contribution < -0.4 is 5.56 Å². The van der Waals surface area contributed by atoms with Crippen molar-refractivity contribution in [2.24, 2.45) is 0 Å². The molecule has 0 aliphatic carbocycles. The van der Waals surface area contributed by atoms with Crippen LogP contribution in [0.5, 0.6) is 0 Å².